The molecule has 0 saturated heterocycles. The summed E-state index contributed by atoms with van der Waals surface area (Å²) in [7, 11) is 0. The average Bonchev–Trinajstić information content (AvgIpc) is 3.83. The summed E-state index contributed by atoms with van der Waals surface area (Å²) in [5.74, 6) is 0. The minimum Gasteiger partial charge on any atom is -0.456 e. The number of aromatic nitrogens is 2. The lowest BCUT2D eigenvalue weighted by Crippen LogP contribution is -2.16. The van der Waals surface area contributed by atoms with Gasteiger partial charge in [0.05, 0.1) is 27.5 Å². The van der Waals surface area contributed by atoms with Gasteiger partial charge in [-0.05, 0) is 82.9 Å². The largest absolute Gasteiger partial charge is 0.456 e. The maximum absolute atomic E-state index is 6.38. The second kappa shape index (κ2) is 9.05. The molecule has 48 heavy (non-hydrogen) atoms. The zero-order chi connectivity index (χ0) is 31.7. The highest BCUT2D eigenvalue weighted by Crippen LogP contribution is 2.51. The standard InChI is InChI=1S/C45H30N2O/c1-45(2)36-25-27(46-38-15-7-3-11-31(38)32-12-4-8-16-39(32)46)19-21-29(36)30-22-20-28(26-37(30)45)47-40-17-9-5-13-33(40)34-23-24-42-43(44(34)47)35-14-6-10-18-41(35)48-42/h3-26H,1-2H3. The highest BCUT2D eigenvalue weighted by molar-refractivity contribution is 6.24. The van der Waals surface area contributed by atoms with Crippen molar-refractivity contribution in [3.05, 3.63) is 157 Å². The van der Waals surface area contributed by atoms with Gasteiger partial charge in [0.25, 0.3) is 0 Å². The third-order valence-corrected chi connectivity index (χ3v) is 10.9. The van der Waals surface area contributed by atoms with Gasteiger partial charge in [0.2, 0.25) is 0 Å². The minimum atomic E-state index is -0.189. The van der Waals surface area contributed by atoms with Gasteiger partial charge < -0.3 is 13.6 Å². The summed E-state index contributed by atoms with van der Waals surface area (Å²) in [6.07, 6.45) is 0. The molecule has 0 spiro atoms. The fourth-order valence-corrected chi connectivity index (χ4v) is 8.73. The number of benzene rings is 7. The van der Waals surface area contributed by atoms with Gasteiger partial charge in [-0.15, -0.1) is 0 Å². The second-order valence-electron chi connectivity index (χ2n) is 13.7. The van der Waals surface area contributed by atoms with Gasteiger partial charge >= 0.3 is 0 Å². The Labute approximate surface area is 276 Å². The first-order chi connectivity index (χ1) is 23.6. The first-order valence-electron chi connectivity index (χ1n) is 16.7. The van der Waals surface area contributed by atoms with Crippen molar-refractivity contribution in [1.29, 1.82) is 0 Å². The molecule has 0 N–H and O–H groups in total. The molecule has 0 atom stereocenters. The minimum absolute atomic E-state index is 0.189. The molecule has 0 saturated carbocycles. The third kappa shape index (κ3) is 3.23. The van der Waals surface area contributed by atoms with Gasteiger partial charge in [-0.3, -0.25) is 0 Å². The molecule has 1 aliphatic rings. The van der Waals surface area contributed by atoms with Gasteiger partial charge in [-0.1, -0.05) is 98.8 Å². The van der Waals surface area contributed by atoms with Crippen LogP contribution >= 0.6 is 0 Å². The normalized spacial score (nSPS) is 13.8. The van der Waals surface area contributed by atoms with Crippen LogP contribution in [-0.4, -0.2) is 9.13 Å². The maximum Gasteiger partial charge on any atom is 0.137 e. The van der Waals surface area contributed by atoms with Crippen LogP contribution in [0.15, 0.2) is 150 Å². The number of rotatable bonds is 2. The molecule has 3 heterocycles. The molecule has 0 amide bonds. The van der Waals surface area contributed by atoms with E-state index in [1.807, 2.05) is 6.07 Å². The van der Waals surface area contributed by atoms with E-state index < -0.39 is 0 Å². The van der Waals surface area contributed by atoms with E-state index in [1.54, 1.807) is 0 Å². The molecule has 0 fully saturated rings. The predicted octanol–water partition coefficient (Wildman–Crippen LogP) is 12.1. The number of para-hydroxylation sites is 4. The Morgan fingerprint density at radius 2 is 0.938 bits per heavy atom. The Hall–Kier alpha value is -6.06. The Morgan fingerprint density at radius 1 is 0.438 bits per heavy atom. The van der Waals surface area contributed by atoms with Crippen LogP contribution in [-0.2, 0) is 5.41 Å². The molecule has 11 rings (SSSR count). The van der Waals surface area contributed by atoms with Gasteiger partial charge in [0.15, 0.2) is 0 Å². The van der Waals surface area contributed by atoms with Gasteiger partial charge in [0, 0.05) is 43.7 Å². The molecule has 226 valence electrons. The van der Waals surface area contributed by atoms with Gasteiger partial charge in [-0.2, -0.15) is 0 Å². The highest BCUT2D eigenvalue weighted by Gasteiger charge is 2.36. The molecule has 10 aromatic rings. The summed E-state index contributed by atoms with van der Waals surface area (Å²) < 4.78 is 11.3. The van der Waals surface area contributed by atoms with E-state index in [0.717, 1.165) is 21.9 Å². The topological polar surface area (TPSA) is 23.0 Å². The van der Waals surface area contributed by atoms with Crippen molar-refractivity contribution < 1.29 is 4.42 Å². The van der Waals surface area contributed by atoms with E-state index in [2.05, 4.69) is 163 Å². The van der Waals surface area contributed by atoms with E-state index >= 15 is 0 Å². The first kappa shape index (κ1) is 26.1. The molecule has 7 aromatic carbocycles. The summed E-state index contributed by atoms with van der Waals surface area (Å²) in [6, 6.07) is 53.1. The monoisotopic (exact) mass is 614 g/mol. The van der Waals surface area contributed by atoms with Crippen molar-refractivity contribution in [2.24, 2.45) is 0 Å². The lowest BCUT2D eigenvalue weighted by Gasteiger charge is -2.23. The van der Waals surface area contributed by atoms with E-state index in [1.165, 1.54) is 77.2 Å². The molecule has 0 bridgehead atoms. The summed E-state index contributed by atoms with van der Waals surface area (Å²) >= 11 is 0. The predicted molar refractivity (Wildman–Crippen MR) is 200 cm³/mol. The Balaban J connectivity index is 1.14. The Morgan fingerprint density at radius 3 is 1.56 bits per heavy atom. The number of nitrogens with zero attached hydrogens (tertiary/aromatic N) is 2. The second-order valence-corrected chi connectivity index (χ2v) is 13.7. The molecule has 3 heteroatoms. The molecule has 0 unspecified atom stereocenters. The molecule has 3 aromatic heterocycles. The van der Waals surface area contributed by atoms with Crippen LogP contribution in [0.2, 0.25) is 0 Å². The van der Waals surface area contributed by atoms with Crippen LogP contribution in [0.5, 0.6) is 0 Å². The van der Waals surface area contributed by atoms with E-state index in [0.29, 0.717) is 0 Å². The number of fused-ring (bicyclic) bond motifs is 13. The Kier molecular flexibility index (Phi) is 4.91. The average molecular weight is 615 g/mol. The lowest BCUT2D eigenvalue weighted by molar-refractivity contribution is 0.659. The molecule has 0 aliphatic heterocycles. The van der Waals surface area contributed by atoms with Crippen molar-refractivity contribution >= 4 is 65.6 Å². The van der Waals surface area contributed by atoms with Crippen molar-refractivity contribution in [3.63, 3.8) is 0 Å². The first-order valence-corrected chi connectivity index (χ1v) is 16.7. The van der Waals surface area contributed by atoms with Crippen LogP contribution in [0, 0.1) is 0 Å². The lowest BCUT2D eigenvalue weighted by atomic mass is 9.82. The van der Waals surface area contributed by atoms with E-state index in [9.17, 15) is 0 Å². The van der Waals surface area contributed by atoms with Gasteiger partial charge in [0.1, 0.15) is 11.2 Å². The zero-order valence-electron chi connectivity index (χ0n) is 26.7. The highest BCUT2D eigenvalue weighted by atomic mass is 16.3. The SMILES string of the molecule is CC1(C)c2cc(-n3c4ccccc4c4ccccc43)ccc2-c2ccc(-n3c4ccccc4c4ccc5oc6ccccc6c5c43)cc21. The van der Waals surface area contributed by atoms with Crippen LogP contribution in [0.3, 0.4) is 0 Å². The summed E-state index contributed by atoms with van der Waals surface area (Å²) in [4.78, 5) is 0. The van der Waals surface area contributed by atoms with Crippen molar-refractivity contribution in [1.82, 2.24) is 9.13 Å². The van der Waals surface area contributed by atoms with Gasteiger partial charge in [-0.25, -0.2) is 0 Å². The number of hydrogen-bond acceptors (Lipinski definition) is 1. The third-order valence-electron chi connectivity index (χ3n) is 10.9. The molecule has 1 aliphatic carbocycles. The number of hydrogen-bond donors (Lipinski definition) is 0. The van der Waals surface area contributed by atoms with E-state index in [4.69, 9.17) is 4.42 Å². The maximum atomic E-state index is 6.38. The van der Waals surface area contributed by atoms with Crippen molar-refractivity contribution in [2.45, 2.75) is 19.3 Å². The fraction of sp³-hybridized carbons (Fsp3) is 0.0667. The fourth-order valence-electron chi connectivity index (χ4n) is 8.73. The summed E-state index contributed by atoms with van der Waals surface area (Å²) in [5.41, 5.74) is 14.2. The number of furan rings is 1. The molecule has 3 nitrogen and oxygen atoms in total. The zero-order valence-corrected chi connectivity index (χ0v) is 26.7. The van der Waals surface area contributed by atoms with Crippen LogP contribution in [0.25, 0.3) is 88.1 Å². The van der Waals surface area contributed by atoms with Crippen LogP contribution in [0.4, 0.5) is 0 Å². The quantitative estimate of drug-likeness (QED) is 0.190. The van der Waals surface area contributed by atoms with Crippen molar-refractivity contribution in [3.8, 4) is 22.5 Å². The Bertz CT molecular complexity index is 2930. The molecule has 0 radical (unpaired) electrons. The van der Waals surface area contributed by atoms with Crippen molar-refractivity contribution in [2.75, 3.05) is 0 Å². The molecular formula is C45H30N2O. The summed E-state index contributed by atoms with van der Waals surface area (Å²) in [5, 5.41) is 7.37. The summed E-state index contributed by atoms with van der Waals surface area (Å²) in [6.45, 7) is 4.76. The van der Waals surface area contributed by atoms with E-state index in [-0.39, 0.29) is 5.41 Å². The smallest absolute Gasteiger partial charge is 0.137 e. The van der Waals surface area contributed by atoms with Crippen LogP contribution < -0.4 is 0 Å². The molecular weight excluding hydrogens is 585 g/mol. The van der Waals surface area contributed by atoms with Crippen LogP contribution in [0.1, 0.15) is 25.0 Å².